The van der Waals surface area contributed by atoms with E-state index in [1.807, 2.05) is 53.4 Å². The van der Waals surface area contributed by atoms with Gasteiger partial charge in [-0.05, 0) is 54.6 Å². The summed E-state index contributed by atoms with van der Waals surface area (Å²) in [5.74, 6) is 0.223. The Morgan fingerprint density at radius 2 is 1.65 bits per heavy atom. The molecule has 0 unspecified atom stereocenters. The lowest BCUT2D eigenvalue weighted by Gasteiger charge is -2.36. The number of hydrogen-bond donors (Lipinski definition) is 1. The van der Waals surface area contributed by atoms with Crippen molar-refractivity contribution in [2.24, 2.45) is 0 Å². The first kappa shape index (κ1) is 24.9. The van der Waals surface area contributed by atoms with Crippen molar-refractivity contribution in [1.82, 2.24) is 9.88 Å². The van der Waals surface area contributed by atoms with E-state index >= 15 is 0 Å². The van der Waals surface area contributed by atoms with Crippen LogP contribution in [0.5, 0.6) is 5.75 Å². The number of nitrogens with one attached hydrogen (secondary N) is 1. The van der Waals surface area contributed by atoms with Gasteiger partial charge in [-0.1, -0.05) is 35.3 Å². The summed E-state index contributed by atoms with van der Waals surface area (Å²) in [7, 11) is 1.60. The molecule has 7 nitrogen and oxygen atoms in total. The summed E-state index contributed by atoms with van der Waals surface area (Å²) < 4.78 is 5.49. The third-order valence-corrected chi connectivity index (χ3v) is 6.90. The normalized spacial score (nSPS) is 13.5. The number of nitrogens with zero attached hydrogens (tertiary/aromatic N) is 3. The topological polar surface area (TPSA) is 74.8 Å². The van der Waals surface area contributed by atoms with Gasteiger partial charge in [-0.15, -0.1) is 0 Å². The Kier molecular flexibility index (Phi) is 7.17. The largest absolute Gasteiger partial charge is 0.496 e. The molecule has 0 atom stereocenters. The van der Waals surface area contributed by atoms with Crippen molar-refractivity contribution in [3.05, 3.63) is 94.1 Å². The third-order valence-electron chi connectivity index (χ3n) is 6.35. The average molecular weight is 535 g/mol. The zero-order chi connectivity index (χ0) is 25.9. The molecule has 37 heavy (non-hydrogen) atoms. The fourth-order valence-corrected chi connectivity index (χ4v) is 4.87. The smallest absolute Gasteiger partial charge is 0.272 e. The Balaban J connectivity index is 1.21. The SMILES string of the molecule is COc1cc(C(=O)N2CCN(c3ccc(NC(=O)c4ccc(Cl)cc4Cl)cc3)CC2)nc2ccccc12. The van der Waals surface area contributed by atoms with Gasteiger partial charge in [0.1, 0.15) is 11.4 Å². The number of carbonyl (C=O) groups excluding carboxylic acids is 2. The fourth-order valence-electron chi connectivity index (χ4n) is 4.38. The molecule has 0 bridgehead atoms. The highest BCUT2D eigenvalue weighted by Crippen LogP contribution is 2.27. The van der Waals surface area contributed by atoms with E-state index in [1.54, 1.807) is 25.3 Å². The van der Waals surface area contributed by atoms with Crippen molar-refractivity contribution in [2.75, 3.05) is 43.5 Å². The molecule has 0 radical (unpaired) electrons. The number of benzene rings is 3. The van der Waals surface area contributed by atoms with E-state index < -0.39 is 0 Å². The number of hydrogen-bond acceptors (Lipinski definition) is 5. The molecule has 188 valence electrons. The summed E-state index contributed by atoms with van der Waals surface area (Å²) in [5, 5.41) is 4.50. The summed E-state index contributed by atoms with van der Waals surface area (Å²) in [6, 6.07) is 21.7. The molecule has 0 aliphatic carbocycles. The second-order valence-corrected chi connectivity index (χ2v) is 9.47. The first-order chi connectivity index (χ1) is 17.9. The molecule has 3 aromatic carbocycles. The van der Waals surface area contributed by atoms with Gasteiger partial charge in [0.25, 0.3) is 11.8 Å². The number of halogens is 2. The molecule has 5 rings (SSSR count). The van der Waals surface area contributed by atoms with Crippen molar-refractivity contribution in [3.63, 3.8) is 0 Å². The van der Waals surface area contributed by atoms with Crippen LogP contribution in [0.4, 0.5) is 11.4 Å². The van der Waals surface area contributed by atoms with Crippen LogP contribution < -0.4 is 15.0 Å². The molecule has 0 saturated carbocycles. The average Bonchev–Trinajstić information content (AvgIpc) is 2.92. The quantitative estimate of drug-likeness (QED) is 0.352. The van der Waals surface area contributed by atoms with Crippen LogP contribution in [0.3, 0.4) is 0 Å². The number of methoxy groups -OCH3 is 1. The van der Waals surface area contributed by atoms with Gasteiger partial charge in [0.05, 0.1) is 23.2 Å². The van der Waals surface area contributed by atoms with Gasteiger partial charge >= 0.3 is 0 Å². The van der Waals surface area contributed by atoms with Crippen LogP contribution in [0.1, 0.15) is 20.8 Å². The van der Waals surface area contributed by atoms with Crippen molar-refractivity contribution in [3.8, 4) is 5.75 Å². The molecular formula is C28H24Cl2N4O3. The minimum absolute atomic E-state index is 0.109. The minimum Gasteiger partial charge on any atom is -0.496 e. The first-order valence-corrected chi connectivity index (χ1v) is 12.5. The number of para-hydroxylation sites is 1. The lowest BCUT2D eigenvalue weighted by atomic mass is 10.1. The predicted octanol–water partition coefficient (Wildman–Crippen LogP) is 5.76. The second kappa shape index (κ2) is 10.7. The highest BCUT2D eigenvalue weighted by atomic mass is 35.5. The predicted molar refractivity (Wildman–Crippen MR) is 147 cm³/mol. The highest BCUT2D eigenvalue weighted by molar-refractivity contribution is 6.37. The first-order valence-electron chi connectivity index (χ1n) is 11.8. The Morgan fingerprint density at radius 1 is 0.919 bits per heavy atom. The monoisotopic (exact) mass is 534 g/mol. The van der Waals surface area contributed by atoms with Gasteiger partial charge in [0.15, 0.2) is 0 Å². The molecule has 4 aromatic rings. The van der Waals surface area contributed by atoms with Crippen LogP contribution in [0, 0.1) is 0 Å². The number of amides is 2. The zero-order valence-electron chi connectivity index (χ0n) is 20.1. The van der Waals surface area contributed by atoms with Crippen molar-refractivity contribution >= 4 is 57.3 Å². The maximum Gasteiger partial charge on any atom is 0.272 e. The van der Waals surface area contributed by atoms with Crippen LogP contribution in [0.2, 0.25) is 10.0 Å². The van der Waals surface area contributed by atoms with Gasteiger partial charge in [-0.2, -0.15) is 0 Å². The number of carbonyl (C=O) groups is 2. The molecule has 1 aliphatic heterocycles. The highest BCUT2D eigenvalue weighted by Gasteiger charge is 2.24. The summed E-state index contributed by atoms with van der Waals surface area (Å²) in [5.41, 5.74) is 3.14. The number of rotatable bonds is 5. The molecule has 2 heterocycles. The lowest BCUT2D eigenvalue weighted by molar-refractivity contribution is 0.0740. The van der Waals surface area contributed by atoms with Crippen LogP contribution in [0.25, 0.3) is 10.9 Å². The Bertz CT molecular complexity index is 1470. The molecule has 0 spiro atoms. The lowest BCUT2D eigenvalue weighted by Crippen LogP contribution is -2.49. The van der Waals surface area contributed by atoms with E-state index in [1.165, 1.54) is 6.07 Å². The van der Waals surface area contributed by atoms with E-state index in [0.717, 1.165) is 16.6 Å². The van der Waals surface area contributed by atoms with Crippen LogP contribution in [0.15, 0.2) is 72.8 Å². The number of ether oxygens (including phenoxy) is 1. The third kappa shape index (κ3) is 5.33. The number of aromatic nitrogens is 1. The summed E-state index contributed by atoms with van der Waals surface area (Å²) in [4.78, 5) is 34.3. The van der Waals surface area contributed by atoms with Gasteiger partial charge in [0, 0.05) is 54.0 Å². The molecule has 1 aromatic heterocycles. The van der Waals surface area contributed by atoms with Crippen molar-refractivity contribution in [1.29, 1.82) is 0 Å². The van der Waals surface area contributed by atoms with E-state index in [2.05, 4.69) is 15.2 Å². The molecule has 9 heteroatoms. The molecule has 1 aliphatic rings. The standard InChI is InChI=1S/C28H24Cl2N4O3/c1-37-26-17-25(32-24-5-3-2-4-22(24)26)28(36)34-14-12-33(13-15-34)20-9-7-19(8-10-20)31-27(35)21-11-6-18(29)16-23(21)30/h2-11,16-17H,12-15H2,1H3,(H,31,35). The molecular weight excluding hydrogens is 511 g/mol. The van der Waals surface area contributed by atoms with E-state index in [4.69, 9.17) is 27.9 Å². The Morgan fingerprint density at radius 3 is 2.35 bits per heavy atom. The van der Waals surface area contributed by atoms with Crippen molar-refractivity contribution in [2.45, 2.75) is 0 Å². The van der Waals surface area contributed by atoms with Crippen LogP contribution in [-0.4, -0.2) is 55.0 Å². The second-order valence-electron chi connectivity index (χ2n) is 8.63. The van der Waals surface area contributed by atoms with Crippen LogP contribution >= 0.6 is 23.2 Å². The van der Waals surface area contributed by atoms with E-state index in [9.17, 15) is 9.59 Å². The number of anilines is 2. The van der Waals surface area contributed by atoms with Gasteiger partial charge in [-0.3, -0.25) is 9.59 Å². The van der Waals surface area contributed by atoms with Gasteiger partial charge in [-0.25, -0.2) is 4.98 Å². The van der Waals surface area contributed by atoms with E-state index in [0.29, 0.717) is 58.9 Å². The van der Waals surface area contributed by atoms with Crippen molar-refractivity contribution < 1.29 is 14.3 Å². The fraction of sp³-hybridized carbons (Fsp3) is 0.179. The summed E-state index contributed by atoms with van der Waals surface area (Å²) in [6.45, 7) is 2.51. The Labute approximate surface area is 224 Å². The number of fused-ring (bicyclic) bond motifs is 1. The van der Waals surface area contributed by atoms with Gasteiger partial charge < -0.3 is 19.9 Å². The number of pyridine rings is 1. The maximum absolute atomic E-state index is 13.2. The molecule has 1 N–H and O–H groups in total. The summed E-state index contributed by atoms with van der Waals surface area (Å²) in [6.07, 6.45) is 0. The maximum atomic E-state index is 13.2. The molecule has 2 amide bonds. The number of piperazine rings is 1. The minimum atomic E-state index is -0.305. The van der Waals surface area contributed by atoms with Gasteiger partial charge in [0.2, 0.25) is 0 Å². The van der Waals surface area contributed by atoms with Crippen LogP contribution in [-0.2, 0) is 0 Å². The molecule has 1 saturated heterocycles. The summed E-state index contributed by atoms with van der Waals surface area (Å²) >= 11 is 12.1. The zero-order valence-corrected chi connectivity index (χ0v) is 21.6. The van der Waals surface area contributed by atoms with E-state index in [-0.39, 0.29) is 11.8 Å². The Hall–Kier alpha value is -3.81. The molecule has 1 fully saturated rings.